The fourth-order valence-electron chi connectivity index (χ4n) is 0.608. The molecule has 1 rings (SSSR count). The summed E-state index contributed by atoms with van der Waals surface area (Å²) in [6.45, 7) is 0. The molecule has 0 aliphatic heterocycles. The number of rotatable bonds is 2. The highest BCUT2D eigenvalue weighted by molar-refractivity contribution is 7.83. The van der Waals surface area contributed by atoms with Crippen LogP contribution in [0.25, 0.3) is 0 Å². The molecule has 0 fully saturated rings. The van der Waals surface area contributed by atoms with Crippen LogP contribution in [0.1, 0.15) is 0 Å². The van der Waals surface area contributed by atoms with Gasteiger partial charge in [0.2, 0.25) is 0 Å². The highest BCUT2D eigenvalue weighted by Crippen LogP contribution is 2.08. The third-order valence-corrected chi connectivity index (χ3v) is 1.13. The zero-order chi connectivity index (χ0) is 7.23. The van der Waals surface area contributed by atoms with Gasteiger partial charge in [0.25, 0.3) is 0 Å². The second kappa shape index (κ2) is 4.01. The van der Waals surface area contributed by atoms with Crippen LogP contribution in [-0.4, -0.2) is 0 Å². The summed E-state index contributed by atoms with van der Waals surface area (Å²) in [6.07, 6.45) is 1.53. The Morgan fingerprint density at radius 2 is 1.90 bits per heavy atom. The van der Waals surface area contributed by atoms with E-state index < -0.39 is 0 Å². The number of ether oxygens (including phenoxy) is 1. The fourth-order valence-corrected chi connectivity index (χ4v) is 0.669. The summed E-state index contributed by atoms with van der Waals surface area (Å²) >= 11 is 3.85. The normalized spacial score (nSPS) is 10.1. The molecule has 52 valence electrons. The first-order valence-electron chi connectivity index (χ1n) is 2.94. The Kier molecular flexibility index (Phi) is 2.90. The smallest absolute Gasteiger partial charge is 0.126 e. The van der Waals surface area contributed by atoms with E-state index in [0.29, 0.717) is 0 Å². The molecule has 0 aromatic heterocycles. The molecule has 0 spiro atoms. The predicted octanol–water partition coefficient (Wildman–Crippen LogP) is 2.47. The number of benzene rings is 1. The van der Waals surface area contributed by atoms with E-state index in [-0.39, 0.29) is 0 Å². The van der Waals surface area contributed by atoms with E-state index in [4.69, 9.17) is 4.74 Å². The number of para-hydroxylation sites is 1. The fraction of sp³-hybridized carbons (Fsp3) is 0. The molecule has 0 heterocycles. The quantitative estimate of drug-likeness (QED) is 0.506. The molecule has 0 aliphatic rings. The Balaban J connectivity index is 2.59. The second-order valence-electron chi connectivity index (χ2n) is 1.72. The van der Waals surface area contributed by atoms with E-state index in [2.05, 4.69) is 12.6 Å². The molecule has 2 heteroatoms. The molecular weight excluding hydrogens is 144 g/mol. The molecule has 0 atom stereocenters. The van der Waals surface area contributed by atoms with Crippen molar-refractivity contribution >= 4 is 12.6 Å². The molecule has 0 bridgehead atoms. The number of hydrogen-bond acceptors (Lipinski definition) is 2. The Morgan fingerprint density at radius 1 is 1.20 bits per heavy atom. The molecule has 0 aliphatic carbocycles. The standard InChI is InChI=1S/C8H8OS/c10-7-6-9-8-4-2-1-3-5-8/h1-7,10H. The van der Waals surface area contributed by atoms with E-state index in [1.165, 1.54) is 6.26 Å². The van der Waals surface area contributed by atoms with Crippen LogP contribution in [0.15, 0.2) is 42.0 Å². The van der Waals surface area contributed by atoms with Crippen LogP contribution in [0.4, 0.5) is 0 Å². The Morgan fingerprint density at radius 3 is 2.50 bits per heavy atom. The van der Waals surface area contributed by atoms with Crippen LogP contribution in [0, 0.1) is 0 Å². The van der Waals surface area contributed by atoms with Crippen molar-refractivity contribution < 1.29 is 4.74 Å². The van der Waals surface area contributed by atoms with Gasteiger partial charge in [-0.1, -0.05) is 18.2 Å². The first kappa shape index (κ1) is 7.22. The Bertz CT molecular complexity index is 206. The van der Waals surface area contributed by atoms with Crippen molar-refractivity contribution in [3.63, 3.8) is 0 Å². The average Bonchev–Trinajstić information content (AvgIpc) is 2.03. The van der Waals surface area contributed by atoms with Crippen LogP contribution < -0.4 is 4.74 Å². The zero-order valence-electron chi connectivity index (χ0n) is 5.40. The maximum absolute atomic E-state index is 5.10. The average molecular weight is 152 g/mol. The Hall–Kier alpha value is -0.890. The van der Waals surface area contributed by atoms with Crippen LogP contribution in [0.5, 0.6) is 5.75 Å². The van der Waals surface area contributed by atoms with Crippen molar-refractivity contribution in [2.45, 2.75) is 0 Å². The van der Waals surface area contributed by atoms with Crippen molar-refractivity contribution in [3.05, 3.63) is 42.0 Å². The van der Waals surface area contributed by atoms with Gasteiger partial charge in [-0.3, -0.25) is 0 Å². The number of thiol groups is 1. The van der Waals surface area contributed by atoms with Gasteiger partial charge in [0.15, 0.2) is 0 Å². The lowest BCUT2D eigenvalue weighted by molar-refractivity contribution is 0.483. The minimum absolute atomic E-state index is 0.827. The van der Waals surface area contributed by atoms with Crippen molar-refractivity contribution in [3.8, 4) is 5.75 Å². The van der Waals surface area contributed by atoms with Crippen molar-refractivity contribution in [1.29, 1.82) is 0 Å². The summed E-state index contributed by atoms with van der Waals surface area (Å²) in [4.78, 5) is 0. The molecule has 0 saturated carbocycles. The van der Waals surface area contributed by atoms with Gasteiger partial charge in [0.1, 0.15) is 5.75 Å². The van der Waals surface area contributed by atoms with Crippen molar-refractivity contribution in [1.82, 2.24) is 0 Å². The molecule has 0 saturated heterocycles. The van der Waals surface area contributed by atoms with Crippen molar-refractivity contribution in [2.24, 2.45) is 0 Å². The molecule has 0 amide bonds. The Labute approximate surface area is 65.7 Å². The van der Waals surface area contributed by atoms with Gasteiger partial charge in [-0.15, -0.1) is 12.6 Å². The predicted molar refractivity (Wildman–Crippen MR) is 45.2 cm³/mol. The third-order valence-electron chi connectivity index (χ3n) is 1.01. The minimum atomic E-state index is 0.827. The molecule has 1 nitrogen and oxygen atoms in total. The molecule has 1 aromatic carbocycles. The van der Waals surface area contributed by atoms with E-state index >= 15 is 0 Å². The molecule has 1 aromatic rings. The lowest BCUT2D eigenvalue weighted by Gasteiger charge is -1.95. The van der Waals surface area contributed by atoms with E-state index in [0.717, 1.165) is 5.75 Å². The lowest BCUT2D eigenvalue weighted by Crippen LogP contribution is -1.77. The van der Waals surface area contributed by atoms with Gasteiger partial charge in [0, 0.05) is 5.41 Å². The topological polar surface area (TPSA) is 9.23 Å². The zero-order valence-corrected chi connectivity index (χ0v) is 6.29. The summed E-state index contributed by atoms with van der Waals surface area (Å²) in [7, 11) is 0. The van der Waals surface area contributed by atoms with Gasteiger partial charge < -0.3 is 4.74 Å². The SMILES string of the molecule is SC=COc1ccccc1. The number of hydrogen-bond donors (Lipinski definition) is 1. The summed E-state index contributed by atoms with van der Waals surface area (Å²) in [6, 6.07) is 9.54. The van der Waals surface area contributed by atoms with Gasteiger partial charge in [-0.2, -0.15) is 0 Å². The van der Waals surface area contributed by atoms with E-state index in [9.17, 15) is 0 Å². The lowest BCUT2D eigenvalue weighted by atomic mass is 10.3. The summed E-state index contributed by atoms with van der Waals surface area (Å²) < 4.78 is 5.10. The van der Waals surface area contributed by atoms with Crippen LogP contribution >= 0.6 is 12.6 Å². The van der Waals surface area contributed by atoms with Gasteiger partial charge in [-0.05, 0) is 12.1 Å². The van der Waals surface area contributed by atoms with Gasteiger partial charge in [0.05, 0.1) is 6.26 Å². The largest absolute Gasteiger partial charge is 0.464 e. The van der Waals surface area contributed by atoms with Crippen LogP contribution in [0.2, 0.25) is 0 Å². The summed E-state index contributed by atoms with van der Waals surface area (Å²) in [5.74, 6) is 0.827. The van der Waals surface area contributed by atoms with Gasteiger partial charge >= 0.3 is 0 Å². The van der Waals surface area contributed by atoms with Gasteiger partial charge in [-0.25, -0.2) is 0 Å². The maximum atomic E-state index is 5.10. The molecule has 10 heavy (non-hydrogen) atoms. The molecular formula is C8H8OS. The molecule has 0 radical (unpaired) electrons. The third kappa shape index (κ3) is 2.15. The first-order chi connectivity index (χ1) is 4.93. The highest BCUT2D eigenvalue weighted by atomic mass is 32.1. The summed E-state index contributed by atoms with van der Waals surface area (Å²) in [5, 5.41) is 1.55. The monoisotopic (exact) mass is 152 g/mol. The van der Waals surface area contributed by atoms with E-state index in [1.54, 1.807) is 5.41 Å². The molecule has 0 unspecified atom stereocenters. The first-order valence-corrected chi connectivity index (χ1v) is 3.46. The van der Waals surface area contributed by atoms with Crippen molar-refractivity contribution in [2.75, 3.05) is 0 Å². The van der Waals surface area contributed by atoms with E-state index in [1.807, 2.05) is 30.3 Å². The minimum Gasteiger partial charge on any atom is -0.464 e. The summed E-state index contributed by atoms with van der Waals surface area (Å²) in [5.41, 5.74) is 0. The maximum Gasteiger partial charge on any atom is 0.126 e. The van der Waals surface area contributed by atoms with Crippen LogP contribution in [0.3, 0.4) is 0 Å². The van der Waals surface area contributed by atoms with Crippen LogP contribution in [-0.2, 0) is 0 Å². The second-order valence-corrected chi connectivity index (χ2v) is 2.01. The molecule has 0 N–H and O–H groups in total. The highest BCUT2D eigenvalue weighted by Gasteiger charge is 1.83.